The molecule has 3 nitrogen and oxygen atoms in total. The average molecular weight is 219 g/mol. The fourth-order valence-electron chi connectivity index (χ4n) is 1.43. The Morgan fingerprint density at radius 3 is 2.87 bits per heavy atom. The topological polar surface area (TPSA) is 37.8 Å². The first-order valence-corrected chi connectivity index (χ1v) is 5.77. The van der Waals surface area contributed by atoms with Gasteiger partial charge >= 0.3 is 0 Å². The van der Waals surface area contributed by atoms with E-state index in [4.69, 9.17) is 0 Å². The summed E-state index contributed by atoms with van der Waals surface area (Å²) >= 11 is 1.69. The van der Waals surface area contributed by atoms with Crippen molar-refractivity contribution >= 4 is 11.3 Å². The Bertz CT molecular complexity index is 411. The molecule has 0 amide bonds. The Morgan fingerprint density at radius 1 is 1.33 bits per heavy atom. The third kappa shape index (κ3) is 2.40. The maximum atomic E-state index is 4.39. The maximum absolute atomic E-state index is 4.39. The van der Waals surface area contributed by atoms with Gasteiger partial charge in [-0.1, -0.05) is 0 Å². The van der Waals surface area contributed by atoms with Crippen molar-refractivity contribution in [1.29, 1.82) is 0 Å². The Balaban J connectivity index is 2.25. The van der Waals surface area contributed by atoms with Gasteiger partial charge in [-0.15, -0.1) is 11.3 Å². The van der Waals surface area contributed by atoms with Crippen molar-refractivity contribution in [2.75, 3.05) is 13.6 Å². The van der Waals surface area contributed by atoms with Crippen LogP contribution in [-0.4, -0.2) is 23.6 Å². The van der Waals surface area contributed by atoms with E-state index in [0.29, 0.717) is 0 Å². The van der Waals surface area contributed by atoms with E-state index in [0.717, 1.165) is 13.0 Å². The van der Waals surface area contributed by atoms with Crippen LogP contribution < -0.4 is 5.32 Å². The third-order valence-electron chi connectivity index (χ3n) is 2.20. The summed E-state index contributed by atoms with van der Waals surface area (Å²) < 4.78 is 0. The molecule has 2 aromatic heterocycles. The van der Waals surface area contributed by atoms with Crippen LogP contribution in [0.4, 0.5) is 0 Å². The van der Waals surface area contributed by atoms with E-state index in [1.54, 1.807) is 11.3 Å². The lowest BCUT2D eigenvalue weighted by molar-refractivity contribution is 0.781. The van der Waals surface area contributed by atoms with Crippen LogP contribution in [0.25, 0.3) is 10.4 Å². The van der Waals surface area contributed by atoms with E-state index in [1.165, 1.54) is 16.1 Å². The molecule has 78 valence electrons. The number of hydrogen-bond acceptors (Lipinski definition) is 4. The van der Waals surface area contributed by atoms with Gasteiger partial charge in [-0.3, -0.25) is 4.98 Å². The molecule has 0 saturated carbocycles. The molecule has 2 aromatic rings. The number of pyridine rings is 1. The molecule has 0 spiro atoms. The first kappa shape index (κ1) is 10.3. The minimum Gasteiger partial charge on any atom is -0.319 e. The summed E-state index contributed by atoms with van der Waals surface area (Å²) in [5.41, 5.74) is 4.28. The van der Waals surface area contributed by atoms with Crippen LogP contribution in [0, 0.1) is 0 Å². The van der Waals surface area contributed by atoms with Crippen molar-refractivity contribution < 1.29 is 0 Å². The molecule has 15 heavy (non-hydrogen) atoms. The van der Waals surface area contributed by atoms with Crippen molar-refractivity contribution in [3.8, 4) is 10.4 Å². The number of rotatable bonds is 4. The molecule has 0 aliphatic heterocycles. The molecule has 2 rings (SSSR count). The minimum absolute atomic E-state index is 0.960. The minimum atomic E-state index is 0.960. The van der Waals surface area contributed by atoms with E-state index >= 15 is 0 Å². The van der Waals surface area contributed by atoms with Gasteiger partial charge in [0.15, 0.2) is 0 Å². The van der Waals surface area contributed by atoms with Crippen molar-refractivity contribution in [2.24, 2.45) is 0 Å². The summed E-state index contributed by atoms with van der Waals surface area (Å²) in [6.45, 7) is 0.960. The van der Waals surface area contributed by atoms with Crippen LogP contribution >= 0.6 is 11.3 Å². The largest absolute Gasteiger partial charge is 0.319 e. The summed E-state index contributed by atoms with van der Waals surface area (Å²) in [5.74, 6) is 0. The SMILES string of the molecule is CNCCc1ncsc1-c1ccncc1. The van der Waals surface area contributed by atoms with Gasteiger partial charge in [-0.2, -0.15) is 0 Å². The lowest BCUT2D eigenvalue weighted by Gasteiger charge is -2.01. The lowest BCUT2D eigenvalue weighted by Crippen LogP contribution is -2.10. The normalized spacial score (nSPS) is 10.5. The van der Waals surface area contributed by atoms with Crippen molar-refractivity contribution in [3.63, 3.8) is 0 Å². The van der Waals surface area contributed by atoms with Crippen molar-refractivity contribution in [2.45, 2.75) is 6.42 Å². The molecule has 2 heterocycles. The number of nitrogens with one attached hydrogen (secondary N) is 1. The van der Waals surface area contributed by atoms with Crippen LogP contribution in [0.5, 0.6) is 0 Å². The zero-order valence-corrected chi connectivity index (χ0v) is 9.42. The number of hydrogen-bond donors (Lipinski definition) is 1. The van der Waals surface area contributed by atoms with Crippen molar-refractivity contribution in [3.05, 3.63) is 35.7 Å². The standard InChI is InChI=1S/C11H13N3S/c1-12-5-4-10-11(15-8-14-10)9-2-6-13-7-3-9/h2-3,6-8,12H,4-5H2,1H3. The van der Waals surface area contributed by atoms with Crippen LogP contribution in [0.1, 0.15) is 5.69 Å². The summed E-state index contributed by atoms with van der Waals surface area (Å²) in [6.07, 6.45) is 4.60. The highest BCUT2D eigenvalue weighted by Crippen LogP contribution is 2.26. The monoisotopic (exact) mass is 219 g/mol. The van der Waals surface area contributed by atoms with Gasteiger partial charge in [0, 0.05) is 25.4 Å². The Morgan fingerprint density at radius 2 is 2.13 bits per heavy atom. The van der Waals surface area contributed by atoms with Gasteiger partial charge in [0.25, 0.3) is 0 Å². The average Bonchev–Trinajstić information content (AvgIpc) is 2.75. The zero-order chi connectivity index (χ0) is 10.5. The maximum Gasteiger partial charge on any atom is 0.0801 e. The van der Waals surface area contributed by atoms with Crippen LogP contribution in [0.2, 0.25) is 0 Å². The second-order valence-corrected chi connectivity index (χ2v) is 4.07. The fraction of sp³-hybridized carbons (Fsp3) is 0.273. The summed E-state index contributed by atoms with van der Waals surface area (Å²) in [4.78, 5) is 9.66. The second kappa shape index (κ2) is 5.00. The summed E-state index contributed by atoms with van der Waals surface area (Å²) in [6, 6.07) is 4.05. The molecule has 0 atom stereocenters. The molecule has 0 radical (unpaired) electrons. The number of thiazole rings is 1. The number of likely N-dealkylation sites (N-methyl/N-ethyl adjacent to an activating group) is 1. The Kier molecular flexibility index (Phi) is 3.42. The molecule has 0 bridgehead atoms. The highest BCUT2D eigenvalue weighted by atomic mass is 32.1. The molecule has 0 aliphatic rings. The highest BCUT2D eigenvalue weighted by molar-refractivity contribution is 7.13. The third-order valence-corrected chi connectivity index (χ3v) is 3.11. The molecule has 4 heteroatoms. The molecular weight excluding hydrogens is 206 g/mol. The summed E-state index contributed by atoms with van der Waals surface area (Å²) in [5, 5.41) is 3.14. The van der Waals surface area contributed by atoms with E-state index in [9.17, 15) is 0 Å². The van der Waals surface area contributed by atoms with E-state index in [1.807, 2.05) is 37.1 Å². The van der Waals surface area contributed by atoms with E-state index < -0.39 is 0 Å². The molecule has 0 fully saturated rings. The van der Waals surface area contributed by atoms with Gasteiger partial charge in [0.2, 0.25) is 0 Å². The summed E-state index contributed by atoms with van der Waals surface area (Å²) in [7, 11) is 1.96. The second-order valence-electron chi connectivity index (χ2n) is 3.22. The van der Waals surface area contributed by atoms with Crippen LogP contribution in [0.3, 0.4) is 0 Å². The zero-order valence-electron chi connectivity index (χ0n) is 8.60. The molecule has 0 aliphatic carbocycles. The molecule has 1 N–H and O–H groups in total. The van der Waals surface area contributed by atoms with Gasteiger partial charge in [0.1, 0.15) is 0 Å². The Hall–Kier alpha value is -1.26. The number of nitrogens with zero attached hydrogens (tertiary/aromatic N) is 2. The van der Waals surface area contributed by atoms with E-state index in [2.05, 4.69) is 15.3 Å². The molecule has 0 unspecified atom stereocenters. The molecule has 0 saturated heterocycles. The first-order chi connectivity index (χ1) is 7.42. The van der Waals surface area contributed by atoms with Gasteiger partial charge in [-0.25, -0.2) is 4.98 Å². The molecular formula is C11H13N3S. The van der Waals surface area contributed by atoms with Crippen LogP contribution in [0.15, 0.2) is 30.0 Å². The first-order valence-electron chi connectivity index (χ1n) is 4.89. The van der Waals surface area contributed by atoms with Crippen molar-refractivity contribution in [1.82, 2.24) is 15.3 Å². The quantitative estimate of drug-likeness (QED) is 0.854. The fourth-order valence-corrected chi connectivity index (χ4v) is 2.28. The predicted octanol–water partition coefficient (Wildman–Crippen LogP) is 1.97. The molecule has 0 aromatic carbocycles. The number of aromatic nitrogens is 2. The van der Waals surface area contributed by atoms with Gasteiger partial charge < -0.3 is 5.32 Å². The van der Waals surface area contributed by atoms with E-state index in [-0.39, 0.29) is 0 Å². The highest BCUT2D eigenvalue weighted by Gasteiger charge is 2.07. The van der Waals surface area contributed by atoms with Gasteiger partial charge in [-0.05, 0) is 24.7 Å². The van der Waals surface area contributed by atoms with Gasteiger partial charge in [0.05, 0.1) is 16.1 Å². The predicted molar refractivity (Wildman–Crippen MR) is 63.0 cm³/mol. The lowest BCUT2D eigenvalue weighted by atomic mass is 10.1. The smallest absolute Gasteiger partial charge is 0.0801 e. The van der Waals surface area contributed by atoms with Crippen LogP contribution in [-0.2, 0) is 6.42 Å². The Labute approximate surface area is 93.2 Å².